The molecule has 0 spiro atoms. The van der Waals surface area contributed by atoms with E-state index in [0.29, 0.717) is 0 Å². The lowest BCUT2D eigenvalue weighted by molar-refractivity contribution is 0.582. The number of rotatable bonds is 1. The number of aromatic nitrogens is 1. The molecule has 0 saturated heterocycles. The molecular formula is C20H27N. The summed E-state index contributed by atoms with van der Waals surface area (Å²) >= 11 is 0. The van der Waals surface area contributed by atoms with Crippen molar-refractivity contribution in [3.63, 3.8) is 0 Å². The standard InChI is InChI=1S/C20H27N/c1-12-9-13(2)19(14(3)10-12)17-11-18(20(6,7)8)16(5)21-15(17)4/h9-11H,1-8H3. The van der Waals surface area contributed by atoms with Gasteiger partial charge in [0.15, 0.2) is 0 Å². The van der Waals surface area contributed by atoms with E-state index in [9.17, 15) is 0 Å². The van der Waals surface area contributed by atoms with Crippen LogP contribution in [0.25, 0.3) is 11.1 Å². The second kappa shape index (κ2) is 5.29. The molecule has 2 aromatic rings. The molecule has 21 heavy (non-hydrogen) atoms. The van der Waals surface area contributed by atoms with E-state index in [-0.39, 0.29) is 5.41 Å². The first-order valence-corrected chi connectivity index (χ1v) is 7.68. The van der Waals surface area contributed by atoms with Crippen LogP contribution in [0, 0.1) is 34.6 Å². The third-order valence-electron chi connectivity index (χ3n) is 4.16. The minimum Gasteiger partial charge on any atom is -0.258 e. The number of hydrogen-bond acceptors (Lipinski definition) is 1. The van der Waals surface area contributed by atoms with Gasteiger partial charge >= 0.3 is 0 Å². The zero-order chi connectivity index (χ0) is 15.9. The van der Waals surface area contributed by atoms with Crippen molar-refractivity contribution >= 4 is 0 Å². The minimum absolute atomic E-state index is 0.117. The first-order valence-electron chi connectivity index (χ1n) is 7.68. The van der Waals surface area contributed by atoms with Crippen molar-refractivity contribution in [1.82, 2.24) is 4.98 Å². The van der Waals surface area contributed by atoms with Crippen LogP contribution in [0.1, 0.15) is 54.4 Å². The molecule has 112 valence electrons. The van der Waals surface area contributed by atoms with E-state index in [1.54, 1.807) is 0 Å². The molecule has 0 N–H and O–H groups in total. The Morgan fingerprint density at radius 2 is 1.29 bits per heavy atom. The number of hydrogen-bond donors (Lipinski definition) is 0. The Hall–Kier alpha value is -1.63. The summed E-state index contributed by atoms with van der Waals surface area (Å²) in [5.74, 6) is 0. The molecule has 0 radical (unpaired) electrons. The normalized spacial score (nSPS) is 11.8. The van der Waals surface area contributed by atoms with E-state index in [0.717, 1.165) is 11.4 Å². The molecule has 2 rings (SSSR count). The van der Waals surface area contributed by atoms with Crippen molar-refractivity contribution in [3.05, 3.63) is 51.8 Å². The highest BCUT2D eigenvalue weighted by Gasteiger charge is 2.20. The van der Waals surface area contributed by atoms with Gasteiger partial charge in [-0.2, -0.15) is 0 Å². The van der Waals surface area contributed by atoms with Gasteiger partial charge in [0.05, 0.1) is 0 Å². The third-order valence-corrected chi connectivity index (χ3v) is 4.16. The average molecular weight is 281 g/mol. The molecule has 0 aliphatic carbocycles. The Bertz CT molecular complexity index is 665. The maximum absolute atomic E-state index is 4.82. The maximum Gasteiger partial charge on any atom is 0.0454 e. The Kier molecular flexibility index (Phi) is 3.97. The summed E-state index contributed by atoms with van der Waals surface area (Å²) in [6.07, 6.45) is 0. The van der Waals surface area contributed by atoms with Crippen LogP contribution in [-0.4, -0.2) is 4.98 Å². The van der Waals surface area contributed by atoms with Crippen molar-refractivity contribution in [2.45, 2.75) is 60.8 Å². The quantitative estimate of drug-likeness (QED) is 0.664. The molecular weight excluding hydrogens is 254 g/mol. The zero-order valence-electron chi connectivity index (χ0n) is 14.7. The topological polar surface area (TPSA) is 12.9 Å². The van der Waals surface area contributed by atoms with E-state index in [4.69, 9.17) is 4.98 Å². The molecule has 1 heteroatoms. The number of benzene rings is 1. The van der Waals surface area contributed by atoms with E-state index < -0.39 is 0 Å². The molecule has 0 bridgehead atoms. The summed E-state index contributed by atoms with van der Waals surface area (Å²) in [7, 11) is 0. The Balaban J connectivity index is 2.76. The molecule has 1 nitrogen and oxygen atoms in total. The van der Waals surface area contributed by atoms with Crippen molar-refractivity contribution in [2.75, 3.05) is 0 Å². The lowest BCUT2D eigenvalue weighted by Gasteiger charge is -2.24. The highest BCUT2D eigenvalue weighted by Crippen LogP contribution is 2.34. The van der Waals surface area contributed by atoms with Gasteiger partial charge in [-0.25, -0.2) is 0 Å². The molecule has 1 aromatic heterocycles. The first kappa shape index (κ1) is 15.8. The maximum atomic E-state index is 4.82. The van der Waals surface area contributed by atoms with Crippen LogP contribution in [0.15, 0.2) is 18.2 Å². The number of aryl methyl sites for hydroxylation is 5. The van der Waals surface area contributed by atoms with Gasteiger partial charge in [-0.3, -0.25) is 4.98 Å². The van der Waals surface area contributed by atoms with Gasteiger partial charge in [-0.15, -0.1) is 0 Å². The van der Waals surface area contributed by atoms with Crippen molar-refractivity contribution in [1.29, 1.82) is 0 Å². The van der Waals surface area contributed by atoms with Crippen LogP contribution in [-0.2, 0) is 5.41 Å². The van der Waals surface area contributed by atoms with Gasteiger partial charge < -0.3 is 0 Å². The van der Waals surface area contributed by atoms with Gasteiger partial charge in [0.25, 0.3) is 0 Å². The van der Waals surface area contributed by atoms with Gasteiger partial charge in [0, 0.05) is 17.0 Å². The lowest BCUT2D eigenvalue weighted by atomic mass is 9.83. The fourth-order valence-corrected chi connectivity index (χ4v) is 3.34. The second-order valence-electron chi connectivity index (χ2n) is 7.28. The average Bonchev–Trinajstić information content (AvgIpc) is 2.28. The first-order chi connectivity index (χ1) is 9.61. The number of pyridine rings is 1. The van der Waals surface area contributed by atoms with Crippen LogP contribution in [0.5, 0.6) is 0 Å². The number of nitrogens with zero attached hydrogens (tertiary/aromatic N) is 1. The van der Waals surface area contributed by atoms with E-state index in [2.05, 4.69) is 73.6 Å². The van der Waals surface area contributed by atoms with Crippen LogP contribution in [0.2, 0.25) is 0 Å². The molecule has 1 aromatic carbocycles. The molecule has 1 heterocycles. The largest absolute Gasteiger partial charge is 0.258 e. The predicted molar refractivity (Wildman–Crippen MR) is 92.1 cm³/mol. The Labute approximate surface area is 129 Å². The molecule has 0 unspecified atom stereocenters. The molecule has 0 amide bonds. The van der Waals surface area contributed by atoms with Crippen LogP contribution >= 0.6 is 0 Å². The van der Waals surface area contributed by atoms with Gasteiger partial charge in [-0.1, -0.05) is 38.5 Å². The summed E-state index contributed by atoms with van der Waals surface area (Å²) in [5, 5.41) is 0. The van der Waals surface area contributed by atoms with Gasteiger partial charge in [0.2, 0.25) is 0 Å². The Morgan fingerprint density at radius 3 is 1.76 bits per heavy atom. The fourth-order valence-electron chi connectivity index (χ4n) is 3.34. The van der Waals surface area contributed by atoms with Crippen molar-refractivity contribution in [3.8, 4) is 11.1 Å². The monoisotopic (exact) mass is 281 g/mol. The summed E-state index contributed by atoms with van der Waals surface area (Å²) < 4.78 is 0. The summed E-state index contributed by atoms with van der Waals surface area (Å²) in [5.41, 5.74) is 10.3. The molecule has 0 aliphatic rings. The van der Waals surface area contributed by atoms with Crippen LogP contribution in [0.4, 0.5) is 0 Å². The summed E-state index contributed by atoms with van der Waals surface area (Å²) in [6, 6.07) is 6.87. The second-order valence-corrected chi connectivity index (χ2v) is 7.28. The predicted octanol–water partition coefficient (Wildman–Crippen LogP) is 5.59. The molecule has 0 atom stereocenters. The van der Waals surface area contributed by atoms with Crippen molar-refractivity contribution < 1.29 is 0 Å². The molecule has 0 fully saturated rings. The lowest BCUT2D eigenvalue weighted by Crippen LogP contribution is -2.15. The van der Waals surface area contributed by atoms with Crippen molar-refractivity contribution in [2.24, 2.45) is 0 Å². The smallest absolute Gasteiger partial charge is 0.0454 e. The zero-order valence-corrected chi connectivity index (χ0v) is 14.7. The Morgan fingerprint density at radius 1 is 0.762 bits per heavy atom. The fraction of sp³-hybridized carbons (Fsp3) is 0.450. The van der Waals surface area contributed by atoms with E-state index >= 15 is 0 Å². The van der Waals surface area contributed by atoms with Crippen LogP contribution < -0.4 is 0 Å². The van der Waals surface area contributed by atoms with E-state index in [1.807, 2.05) is 0 Å². The molecule has 0 saturated carbocycles. The van der Waals surface area contributed by atoms with Gasteiger partial charge in [0.1, 0.15) is 0 Å². The third kappa shape index (κ3) is 3.02. The summed E-state index contributed by atoms with van der Waals surface area (Å²) in [6.45, 7) is 17.6. The highest BCUT2D eigenvalue weighted by molar-refractivity contribution is 5.74. The summed E-state index contributed by atoms with van der Waals surface area (Å²) in [4.78, 5) is 4.82. The van der Waals surface area contributed by atoms with Gasteiger partial charge in [-0.05, 0) is 68.4 Å². The SMILES string of the molecule is Cc1cc(C)c(-c2cc(C(C)(C)C)c(C)nc2C)c(C)c1. The minimum atomic E-state index is 0.117. The highest BCUT2D eigenvalue weighted by atomic mass is 14.7. The van der Waals surface area contributed by atoms with Crippen LogP contribution in [0.3, 0.4) is 0 Å². The molecule has 0 aliphatic heterocycles. The van der Waals surface area contributed by atoms with E-state index in [1.165, 1.54) is 33.4 Å².